The van der Waals surface area contributed by atoms with Gasteiger partial charge >= 0.3 is 0 Å². The summed E-state index contributed by atoms with van der Waals surface area (Å²) in [5, 5.41) is 2.10. The van der Waals surface area contributed by atoms with Crippen LogP contribution in [0, 0.1) is 6.88 Å². The largest absolute Gasteiger partial charge is 0.455 e. The molecule has 8 rings (SSSR count). The summed E-state index contributed by atoms with van der Waals surface area (Å²) in [7, 11) is 0. The molecule has 0 aliphatic heterocycles. The predicted octanol–water partition coefficient (Wildman–Crippen LogP) is 12.5. The molecule has 0 fully saturated rings. The first-order valence-electron chi connectivity index (χ1n) is 17.6. The third-order valence-corrected chi connectivity index (χ3v) is 9.31. The molecule has 3 heteroatoms. The van der Waals surface area contributed by atoms with Gasteiger partial charge in [0.25, 0.3) is 0 Å². The standard InChI is InChI=1S/C44H38N2O/c1-27(2)37-25-33(32-23-21-31(22-24-32)30-14-7-6-8-15-30)26-38(28(3)4)42(37)46-41-29(5)13-11-19-39(41)45-44(46)36-18-12-17-35-34-16-9-10-20-40(34)47-43(35)36/h6-28H,1-5H3/i5D2. The minimum Gasteiger partial charge on any atom is -0.455 e. The van der Waals surface area contributed by atoms with E-state index in [1.165, 1.54) is 27.8 Å². The molecule has 230 valence electrons. The van der Waals surface area contributed by atoms with Crippen molar-refractivity contribution in [2.75, 3.05) is 0 Å². The Labute approximate surface area is 279 Å². The smallest absolute Gasteiger partial charge is 0.149 e. The SMILES string of the molecule is [2H]C([2H])c1cccc2nc(-c3cccc4c3oc3ccccc34)n(-c3c(C(C)C)cc(-c4ccc(-c5ccccc5)cc4)cc3C(C)C)c12. The first-order valence-corrected chi connectivity index (χ1v) is 16.4. The molecule has 0 atom stereocenters. The lowest BCUT2D eigenvalue weighted by molar-refractivity contribution is 0.669. The number of aromatic nitrogens is 2. The predicted molar refractivity (Wildman–Crippen MR) is 198 cm³/mol. The summed E-state index contributed by atoms with van der Waals surface area (Å²) in [6, 6.07) is 44.1. The first-order chi connectivity index (χ1) is 23.8. The van der Waals surface area contributed by atoms with E-state index in [9.17, 15) is 0 Å². The summed E-state index contributed by atoms with van der Waals surface area (Å²) in [5.41, 5.74) is 12.8. The van der Waals surface area contributed by atoms with Crippen molar-refractivity contribution in [2.45, 2.75) is 46.4 Å². The fourth-order valence-corrected chi connectivity index (χ4v) is 6.95. The number of nitrogens with zero attached hydrogens (tertiary/aromatic N) is 2. The zero-order valence-electron chi connectivity index (χ0n) is 29.2. The number of furan rings is 1. The molecule has 0 spiro atoms. The number of para-hydroxylation sites is 3. The van der Waals surface area contributed by atoms with Crippen LogP contribution in [0.4, 0.5) is 0 Å². The van der Waals surface area contributed by atoms with Crippen LogP contribution in [0.25, 0.3) is 72.3 Å². The highest BCUT2D eigenvalue weighted by Gasteiger charge is 2.26. The molecule has 0 unspecified atom stereocenters. The fraction of sp³-hybridized carbons (Fsp3) is 0.159. The van der Waals surface area contributed by atoms with Gasteiger partial charge in [0.05, 0.1) is 22.3 Å². The number of hydrogen-bond donors (Lipinski definition) is 0. The zero-order valence-corrected chi connectivity index (χ0v) is 27.2. The molecule has 0 saturated carbocycles. The number of rotatable bonds is 6. The maximum atomic E-state index is 8.59. The maximum Gasteiger partial charge on any atom is 0.149 e. The summed E-state index contributed by atoms with van der Waals surface area (Å²) < 4.78 is 26.0. The third kappa shape index (κ3) is 4.85. The summed E-state index contributed by atoms with van der Waals surface area (Å²) in [4.78, 5) is 5.28. The molecule has 6 aromatic carbocycles. The molecule has 3 nitrogen and oxygen atoms in total. The number of benzene rings is 6. The third-order valence-electron chi connectivity index (χ3n) is 9.31. The highest BCUT2D eigenvalue weighted by Crippen LogP contribution is 2.43. The quantitative estimate of drug-likeness (QED) is 0.187. The Hall–Kier alpha value is -5.41. The Morgan fingerprint density at radius 3 is 1.94 bits per heavy atom. The topological polar surface area (TPSA) is 31.0 Å². The Morgan fingerprint density at radius 1 is 0.617 bits per heavy atom. The van der Waals surface area contributed by atoms with Gasteiger partial charge in [0.1, 0.15) is 17.0 Å². The van der Waals surface area contributed by atoms with Crippen LogP contribution >= 0.6 is 0 Å². The van der Waals surface area contributed by atoms with Gasteiger partial charge in [-0.1, -0.05) is 125 Å². The van der Waals surface area contributed by atoms with Crippen LogP contribution in [0.15, 0.2) is 132 Å². The van der Waals surface area contributed by atoms with E-state index in [0.29, 0.717) is 5.56 Å². The van der Waals surface area contributed by atoms with Gasteiger partial charge in [-0.15, -0.1) is 0 Å². The Bertz CT molecular complexity index is 2440. The van der Waals surface area contributed by atoms with Crippen molar-refractivity contribution in [1.29, 1.82) is 0 Å². The van der Waals surface area contributed by atoms with Crippen molar-refractivity contribution < 1.29 is 7.16 Å². The van der Waals surface area contributed by atoms with Gasteiger partial charge in [-0.2, -0.15) is 0 Å². The van der Waals surface area contributed by atoms with Crippen molar-refractivity contribution >= 4 is 33.0 Å². The van der Waals surface area contributed by atoms with Crippen LogP contribution < -0.4 is 0 Å². The first kappa shape index (κ1) is 26.8. The van der Waals surface area contributed by atoms with Crippen LogP contribution in [0.5, 0.6) is 0 Å². The van der Waals surface area contributed by atoms with Gasteiger partial charge in [-0.05, 0) is 88.0 Å². The second-order valence-electron chi connectivity index (χ2n) is 13.0. The van der Waals surface area contributed by atoms with E-state index in [4.69, 9.17) is 12.1 Å². The molecular formula is C44H38N2O. The van der Waals surface area contributed by atoms with Gasteiger partial charge in [-0.3, -0.25) is 4.57 Å². The summed E-state index contributed by atoms with van der Waals surface area (Å²) >= 11 is 0. The van der Waals surface area contributed by atoms with Crippen LogP contribution in [0.2, 0.25) is 0 Å². The minimum absolute atomic E-state index is 0.179. The Balaban J connectivity index is 1.42. The molecule has 0 amide bonds. The Morgan fingerprint density at radius 2 is 1.23 bits per heavy atom. The van der Waals surface area contributed by atoms with Gasteiger partial charge < -0.3 is 4.42 Å². The van der Waals surface area contributed by atoms with Crippen LogP contribution in [0.3, 0.4) is 0 Å². The maximum absolute atomic E-state index is 8.59. The lowest BCUT2D eigenvalue weighted by atomic mass is 9.87. The van der Waals surface area contributed by atoms with E-state index in [2.05, 4.69) is 117 Å². The lowest BCUT2D eigenvalue weighted by Crippen LogP contribution is -2.10. The number of hydrogen-bond acceptors (Lipinski definition) is 2. The van der Waals surface area contributed by atoms with E-state index in [-0.39, 0.29) is 11.8 Å². The average Bonchev–Trinajstić information content (AvgIpc) is 3.70. The molecular weight excluding hydrogens is 572 g/mol. The van der Waals surface area contributed by atoms with Gasteiger partial charge in [-0.25, -0.2) is 4.98 Å². The molecule has 0 radical (unpaired) electrons. The number of imidazole rings is 1. The summed E-state index contributed by atoms with van der Waals surface area (Å²) in [6.45, 7) is 7.78. The molecule has 2 aromatic heterocycles. The Kier molecular flexibility index (Phi) is 6.51. The van der Waals surface area contributed by atoms with Gasteiger partial charge in [0.15, 0.2) is 0 Å². The molecule has 0 bridgehead atoms. The van der Waals surface area contributed by atoms with E-state index >= 15 is 0 Å². The molecule has 0 aliphatic rings. The minimum atomic E-state index is -1.18. The monoisotopic (exact) mass is 612 g/mol. The van der Waals surface area contributed by atoms with Crippen LogP contribution in [-0.2, 0) is 0 Å². The van der Waals surface area contributed by atoms with E-state index < -0.39 is 6.88 Å². The average molecular weight is 613 g/mol. The highest BCUT2D eigenvalue weighted by atomic mass is 16.3. The van der Waals surface area contributed by atoms with Crippen molar-refractivity contribution in [3.8, 4) is 39.3 Å². The van der Waals surface area contributed by atoms with Crippen molar-refractivity contribution in [3.05, 3.63) is 144 Å². The van der Waals surface area contributed by atoms with Crippen molar-refractivity contribution in [3.63, 3.8) is 0 Å². The zero-order chi connectivity index (χ0) is 33.8. The highest BCUT2D eigenvalue weighted by molar-refractivity contribution is 6.09. The fourth-order valence-electron chi connectivity index (χ4n) is 6.95. The van der Waals surface area contributed by atoms with E-state index in [1.807, 2.05) is 42.5 Å². The van der Waals surface area contributed by atoms with E-state index in [1.54, 1.807) is 0 Å². The lowest BCUT2D eigenvalue weighted by Gasteiger charge is -2.25. The number of fused-ring (bicyclic) bond motifs is 4. The van der Waals surface area contributed by atoms with Crippen molar-refractivity contribution in [1.82, 2.24) is 9.55 Å². The molecule has 0 saturated heterocycles. The normalized spacial score (nSPS) is 12.6. The molecule has 0 aliphatic carbocycles. The summed E-state index contributed by atoms with van der Waals surface area (Å²) in [5.74, 6) is 1.10. The van der Waals surface area contributed by atoms with Gasteiger partial charge in [0.2, 0.25) is 0 Å². The van der Waals surface area contributed by atoms with Gasteiger partial charge in [0, 0.05) is 13.5 Å². The molecule has 0 N–H and O–H groups in total. The summed E-state index contributed by atoms with van der Waals surface area (Å²) in [6.07, 6.45) is 0. The van der Waals surface area contributed by atoms with E-state index in [0.717, 1.165) is 55.6 Å². The van der Waals surface area contributed by atoms with Crippen LogP contribution in [0.1, 0.15) is 59.0 Å². The molecule has 47 heavy (non-hydrogen) atoms. The van der Waals surface area contributed by atoms with Crippen LogP contribution in [-0.4, -0.2) is 9.55 Å². The van der Waals surface area contributed by atoms with Crippen molar-refractivity contribution in [2.24, 2.45) is 0 Å². The second kappa shape index (κ2) is 11.4. The molecule has 2 heterocycles. The molecule has 8 aromatic rings. The second-order valence-corrected chi connectivity index (χ2v) is 13.0. The number of aryl methyl sites for hydroxylation is 1.